The molecule has 0 spiro atoms. The molecular weight excluding hydrogens is 338 g/mol. The summed E-state index contributed by atoms with van der Waals surface area (Å²) in [4.78, 5) is 5.05. The van der Waals surface area contributed by atoms with E-state index in [-0.39, 0.29) is 0 Å². The molecular formula is C22H35N3S. The average Bonchev–Trinajstić information content (AvgIpc) is 2.64. The second-order valence-corrected chi connectivity index (χ2v) is 8.85. The Morgan fingerprint density at radius 3 is 2.46 bits per heavy atom. The van der Waals surface area contributed by atoms with E-state index in [2.05, 4.69) is 61.1 Å². The molecule has 0 bridgehead atoms. The van der Waals surface area contributed by atoms with Crippen molar-refractivity contribution in [3.05, 3.63) is 29.3 Å². The van der Waals surface area contributed by atoms with E-state index >= 15 is 0 Å². The number of likely N-dealkylation sites (tertiary alicyclic amines) is 1. The molecule has 2 unspecified atom stereocenters. The summed E-state index contributed by atoms with van der Waals surface area (Å²) in [5.74, 6) is 0.846. The fourth-order valence-electron chi connectivity index (χ4n) is 4.80. The van der Waals surface area contributed by atoms with Crippen LogP contribution in [0.4, 0.5) is 5.69 Å². The van der Waals surface area contributed by atoms with Crippen LogP contribution in [0.1, 0.15) is 56.6 Å². The van der Waals surface area contributed by atoms with Crippen molar-refractivity contribution in [3.63, 3.8) is 0 Å². The van der Waals surface area contributed by atoms with Crippen LogP contribution in [0, 0.1) is 19.8 Å². The molecule has 2 atom stereocenters. The lowest BCUT2D eigenvalue weighted by Gasteiger charge is -2.44. The SMILES string of the molecule is Cc1ccc(NC(=S)N2CCC(N(C)C3CCCCC3C)CC2)c(C)c1. The third-order valence-corrected chi connectivity index (χ3v) is 6.90. The molecule has 0 amide bonds. The third kappa shape index (κ3) is 4.58. The molecule has 26 heavy (non-hydrogen) atoms. The van der Waals surface area contributed by atoms with Crippen molar-refractivity contribution in [1.82, 2.24) is 9.80 Å². The Hall–Kier alpha value is -1.13. The van der Waals surface area contributed by atoms with Crippen molar-refractivity contribution in [2.24, 2.45) is 5.92 Å². The first-order valence-electron chi connectivity index (χ1n) is 10.3. The second kappa shape index (κ2) is 8.71. The van der Waals surface area contributed by atoms with Gasteiger partial charge in [-0.2, -0.15) is 0 Å². The van der Waals surface area contributed by atoms with Crippen molar-refractivity contribution in [3.8, 4) is 0 Å². The fourth-order valence-corrected chi connectivity index (χ4v) is 5.09. The monoisotopic (exact) mass is 373 g/mol. The highest BCUT2D eigenvalue weighted by atomic mass is 32.1. The van der Waals surface area contributed by atoms with Gasteiger partial charge < -0.3 is 15.1 Å². The number of thiocarbonyl (C=S) groups is 1. The van der Waals surface area contributed by atoms with E-state index in [1.165, 1.54) is 49.7 Å². The summed E-state index contributed by atoms with van der Waals surface area (Å²) in [6.45, 7) is 8.84. The first-order valence-corrected chi connectivity index (χ1v) is 10.7. The Labute approximate surface area is 165 Å². The lowest BCUT2D eigenvalue weighted by molar-refractivity contribution is 0.0691. The summed E-state index contributed by atoms with van der Waals surface area (Å²) >= 11 is 5.70. The Morgan fingerprint density at radius 1 is 1.12 bits per heavy atom. The number of anilines is 1. The van der Waals surface area contributed by atoms with Crippen LogP contribution in [0.3, 0.4) is 0 Å². The van der Waals surface area contributed by atoms with Crippen LogP contribution in [0.5, 0.6) is 0 Å². The smallest absolute Gasteiger partial charge is 0.173 e. The lowest BCUT2D eigenvalue weighted by atomic mass is 9.84. The molecule has 0 aromatic heterocycles. The van der Waals surface area contributed by atoms with Gasteiger partial charge in [0.05, 0.1) is 0 Å². The number of hydrogen-bond acceptors (Lipinski definition) is 2. The number of benzene rings is 1. The summed E-state index contributed by atoms with van der Waals surface area (Å²) in [7, 11) is 2.36. The molecule has 4 heteroatoms. The van der Waals surface area contributed by atoms with Gasteiger partial charge in [0.1, 0.15) is 0 Å². The zero-order chi connectivity index (χ0) is 18.7. The van der Waals surface area contributed by atoms with E-state index in [1.807, 2.05) is 0 Å². The topological polar surface area (TPSA) is 18.5 Å². The van der Waals surface area contributed by atoms with Crippen molar-refractivity contribution in [1.29, 1.82) is 0 Å². The quantitative estimate of drug-likeness (QED) is 0.753. The number of hydrogen-bond donors (Lipinski definition) is 1. The molecule has 1 saturated heterocycles. The van der Waals surface area contributed by atoms with Gasteiger partial charge in [-0.3, -0.25) is 0 Å². The van der Waals surface area contributed by atoms with Gasteiger partial charge in [-0.25, -0.2) is 0 Å². The van der Waals surface area contributed by atoms with Gasteiger partial charge in [-0.15, -0.1) is 0 Å². The van der Waals surface area contributed by atoms with E-state index in [0.717, 1.165) is 35.8 Å². The summed E-state index contributed by atoms with van der Waals surface area (Å²) in [6, 6.07) is 7.98. The predicted molar refractivity (Wildman–Crippen MR) is 116 cm³/mol. The van der Waals surface area contributed by atoms with Crippen LogP contribution >= 0.6 is 12.2 Å². The van der Waals surface area contributed by atoms with Crippen LogP contribution in [0.2, 0.25) is 0 Å². The van der Waals surface area contributed by atoms with Gasteiger partial charge >= 0.3 is 0 Å². The molecule has 144 valence electrons. The molecule has 1 aliphatic heterocycles. The molecule has 1 N–H and O–H groups in total. The number of piperidine rings is 1. The van der Waals surface area contributed by atoms with Gasteiger partial charge in [-0.1, -0.05) is 37.5 Å². The molecule has 2 aliphatic rings. The number of nitrogens with one attached hydrogen (secondary N) is 1. The predicted octanol–water partition coefficient (Wildman–Crippen LogP) is 4.98. The zero-order valence-corrected chi connectivity index (χ0v) is 17.7. The molecule has 1 aromatic rings. The molecule has 3 nitrogen and oxygen atoms in total. The van der Waals surface area contributed by atoms with Crippen molar-refractivity contribution < 1.29 is 0 Å². The molecule has 1 heterocycles. The van der Waals surface area contributed by atoms with E-state index in [0.29, 0.717) is 6.04 Å². The summed E-state index contributed by atoms with van der Waals surface area (Å²) in [5, 5.41) is 4.34. The van der Waals surface area contributed by atoms with Crippen LogP contribution in [0.25, 0.3) is 0 Å². The Balaban J connectivity index is 1.52. The number of nitrogens with zero attached hydrogens (tertiary/aromatic N) is 2. The van der Waals surface area contributed by atoms with Crippen LogP contribution in [-0.2, 0) is 0 Å². The highest BCUT2D eigenvalue weighted by Gasteiger charge is 2.31. The Bertz CT molecular complexity index is 622. The molecule has 1 saturated carbocycles. The average molecular weight is 374 g/mol. The maximum atomic E-state index is 5.70. The minimum Gasteiger partial charge on any atom is -0.349 e. The standard InChI is InChI=1S/C22H35N3S/c1-16-9-10-20(18(3)15-16)23-22(26)25-13-11-19(12-14-25)24(4)21-8-6-5-7-17(21)2/h9-10,15,17,19,21H,5-8,11-14H2,1-4H3,(H,23,26). The van der Waals surface area contributed by atoms with E-state index < -0.39 is 0 Å². The number of rotatable bonds is 3. The van der Waals surface area contributed by atoms with Crippen molar-refractivity contribution in [2.45, 2.75) is 71.4 Å². The minimum absolute atomic E-state index is 0.709. The lowest BCUT2D eigenvalue weighted by Crippen LogP contribution is -2.51. The molecule has 3 rings (SSSR count). The minimum atomic E-state index is 0.709. The van der Waals surface area contributed by atoms with Gasteiger partial charge in [0, 0.05) is 30.9 Å². The van der Waals surface area contributed by atoms with E-state index in [9.17, 15) is 0 Å². The maximum absolute atomic E-state index is 5.70. The van der Waals surface area contributed by atoms with Crippen LogP contribution < -0.4 is 5.32 Å². The first kappa shape index (κ1) is 19.6. The Kier molecular flexibility index (Phi) is 6.57. The largest absolute Gasteiger partial charge is 0.349 e. The van der Waals surface area contributed by atoms with Crippen molar-refractivity contribution in [2.75, 3.05) is 25.5 Å². The van der Waals surface area contributed by atoms with Gasteiger partial charge in [-0.05, 0) is 76.3 Å². The highest BCUT2D eigenvalue weighted by molar-refractivity contribution is 7.80. The number of aryl methyl sites for hydroxylation is 2. The summed E-state index contributed by atoms with van der Waals surface area (Å²) in [5.41, 5.74) is 3.68. The molecule has 2 fully saturated rings. The molecule has 1 aromatic carbocycles. The molecule has 1 aliphatic carbocycles. The third-order valence-electron chi connectivity index (χ3n) is 6.54. The molecule has 0 radical (unpaired) electrons. The summed E-state index contributed by atoms with van der Waals surface area (Å²) in [6.07, 6.45) is 8.04. The van der Waals surface area contributed by atoms with E-state index in [4.69, 9.17) is 12.2 Å². The highest BCUT2D eigenvalue weighted by Crippen LogP contribution is 2.30. The second-order valence-electron chi connectivity index (χ2n) is 8.46. The van der Waals surface area contributed by atoms with Gasteiger partial charge in [0.25, 0.3) is 0 Å². The van der Waals surface area contributed by atoms with Crippen molar-refractivity contribution >= 4 is 23.0 Å². The first-order chi connectivity index (χ1) is 12.5. The Morgan fingerprint density at radius 2 is 1.81 bits per heavy atom. The van der Waals surface area contributed by atoms with Gasteiger partial charge in [0.15, 0.2) is 5.11 Å². The zero-order valence-electron chi connectivity index (χ0n) is 16.9. The fraction of sp³-hybridized carbons (Fsp3) is 0.682. The van der Waals surface area contributed by atoms with E-state index in [1.54, 1.807) is 0 Å². The van der Waals surface area contributed by atoms with Crippen LogP contribution in [0.15, 0.2) is 18.2 Å². The van der Waals surface area contributed by atoms with Gasteiger partial charge in [0.2, 0.25) is 0 Å². The van der Waals surface area contributed by atoms with Crippen LogP contribution in [-0.4, -0.2) is 47.1 Å². The summed E-state index contributed by atoms with van der Waals surface area (Å²) < 4.78 is 0. The maximum Gasteiger partial charge on any atom is 0.173 e. The normalized spacial score (nSPS) is 24.7.